The van der Waals surface area contributed by atoms with Crippen molar-refractivity contribution in [2.45, 2.75) is 17.7 Å². The summed E-state index contributed by atoms with van der Waals surface area (Å²) in [5.74, 6) is 1.09. The molecular weight excluding hydrogens is 458 g/mol. The summed E-state index contributed by atoms with van der Waals surface area (Å²) in [5.41, 5.74) is 2.26. The number of aromatic nitrogens is 1. The number of ether oxygens (including phenoxy) is 2. The van der Waals surface area contributed by atoms with E-state index in [1.807, 2.05) is 5.38 Å². The van der Waals surface area contributed by atoms with Gasteiger partial charge in [-0.2, -0.15) is 4.31 Å². The highest BCUT2D eigenvalue weighted by Gasteiger charge is 2.27. The molecule has 1 aliphatic heterocycles. The van der Waals surface area contributed by atoms with E-state index in [4.69, 9.17) is 21.1 Å². The maximum absolute atomic E-state index is 12.7. The summed E-state index contributed by atoms with van der Waals surface area (Å²) in [5, 5.41) is 6.25. The summed E-state index contributed by atoms with van der Waals surface area (Å²) < 4.78 is 37.6. The molecule has 7 nitrogen and oxygen atoms in total. The molecular formula is C21H22ClN3O4S2. The van der Waals surface area contributed by atoms with Gasteiger partial charge < -0.3 is 14.8 Å². The lowest BCUT2D eigenvalue weighted by molar-refractivity contribution is 0.405. The Kier molecular flexibility index (Phi) is 6.38. The number of methoxy groups -OCH3 is 2. The van der Waals surface area contributed by atoms with Gasteiger partial charge in [0.15, 0.2) is 5.13 Å². The molecule has 1 saturated heterocycles. The Morgan fingerprint density at radius 3 is 2.39 bits per heavy atom. The van der Waals surface area contributed by atoms with Gasteiger partial charge in [-0.1, -0.05) is 23.7 Å². The molecule has 2 heterocycles. The van der Waals surface area contributed by atoms with Gasteiger partial charge in [0.25, 0.3) is 0 Å². The van der Waals surface area contributed by atoms with Crippen LogP contribution in [0.15, 0.2) is 46.7 Å². The number of thiazole rings is 1. The van der Waals surface area contributed by atoms with E-state index in [2.05, 4.69) is 10.3 Å². The van der Waals surface area contributed by atoms with E-state index >= 15 is 0 Å². The van der Waals surface area contributed by atoms with Crippen molar-refractivity contribution in [2.24, 2.45) is 0 Å². The largest absolute Gasteiger partial charge is 0.495 e. The standard InChI is InChI=1S/C21H22ClN3O4S2/c1-28-19-12-17(20(29-2)11-16(19)22)23-21-24-18(13-30-21)14-5-7-15(8-6-14)31(26,27)25-9-3-4-10-25/h5-8,11-13H,3-4,9-10H2,1-2H3,(H,23,24). The van der Waals surface area contributed by atoms with E-state index in [1.165, 1.54) is 11.3 Å². The summed E-state index contributed by atoms with van der Waals surface area (Å²) >= 11 is 7.59. The van der Waals surface area contributed by atoms with Crippen LogP contribution in [0.3, 0.4) is 0 Å². The van der Waals surface area contributed by atoms with Crippen LogP contribution in [0.1, 0.15) is 12.8 Å². The van der Waals surface area contributed by atoms with Crippen LogP contribution in [0, 0.1) is 0 Å². The Labute approximate surface area is 190 Å². The number of hydrogen-bond donors (Lipinski definition) is 1. The minimum absolute atomic E-state index is 0.310. The fourth-order valence-electron chi connectivity index (χ4n) is 3.41. The Morgan fingerprint density at radius 2 is 1.74 bits per heavy atom. The molecule has 2 aromatic carbocycles. The van der Waals surface area contributed by atoms with Crippen LogP contribution in [-0.2, 0) is 10.0 Å². The van der Waals surface area contributed by atoms with Crippen molar-refractivity contribution in [1.82, 2.24) is 9.29 Å². The smallest absolute Gasteiger partial charge is 0.243 e. The fraction of sp³-hybridized carbons (Fsp3) is 0.286. The van der Waals surface area contributed by atoms with Crippen LogP contribution in [0.4, 0.5) is 10.8 Å². The quantitative estimate of drug-likeness (QED) is 0.513. The zero-order valence-corrected chi connectivity index (χ0v) is 19.5. The molecule has 1 N–H and O–H groups in total. The second-order valence-electron chi connectivity index (χ2n) is 6.99. The maximum atomic E-state index is 12.7. The highest BCUT2D eigenvalue weighted by Crippen LogP contribution is 2.38. The van der Waals surface area contributed by atoms with Gasteiger partial charge in [0.05, 0.1) is 35.5 Å². The molecule has 0 atom stereocenters. The fourth-order valence-corrected chi connectivity index (χ4v) is 5.89. The summed E-state index contributed by atoms with van der Waals surface area (Å²) in [6, 6.07) is 10.3. The number of anilines is 2. The van der Waals surface area contributed by atoms with Gasteiger partial charge in [-0.3, -0.25) is 0 Å². The first-order valence-corrected chi connectivity index (χ1v) is 12.4. The van der Waals surface area contributed by atoms with Crippen LogP contribution in [0.5, 0.6) is 11.5 Å². The SMILES string of the molecule is COc1cc(Nc2nc(-c3ccc(S(=O)(=O)N4CCCC4)cc3)cs2)c(OC)cc1Cl. The van der Waals surface area contributed by atoms with Gasteiger partial charge in [-0.25, -0.2) is 13.4 Å². The van der Waals surface area contributed by atoms with E-state index in [-0.39, 0.29) is 0 Å². The Balaban J connectivity index is 1.54. The van der Waals surface area contributed by atoms with E-state index in [0.29, 0.717) is 45.3 Å². The monoisotopic (exact) mass is 479 g/mol. The van der Waals surface area contributed by atoms with Gasteiger partial charge in [0.2, 0.25) is 10.0 Å². The highest BCUT2D eigenvalue weighted by molar-refractivity contribution is 7.89. The number of hydrogen-bond acceptors (Lipinski definition) is 7. The summed E-state index contributed by atoms with van der Waals surface area (Å²) in [6.45, 7) is 1.17. The van der Waals surface area contributed by atoms with E-state index in [1.54, 1.807) is 54.9 Å². The third-order valence-corrected chi connectivity index (χ3v) is 8.04. The third-order valence-electron chi connectivity index (χ3n) is 5.07. The Morgan fingerprint density at radius 1 is 1.06 bits per heavy atom. The molecule has 0 saturated carbocycles. The van der Waals surface area contributed by atoms with E-state index in [9.17, 15) is 8.42 Å². The molecule has 31 heavy (non-hydrogen) atoms. The normalized spacial score (nSPS) is 14.5. The predicted molar refractivity (Wildman–Crippen MR) is 123 cm³/mol. The molecule has 0 radical (unpaired) electrons. The molecule has 1 aliphatic rings. The van der Waals surface area contributed by atoms with Crippen molar-refractivity contribution in [2.75, 3.05) is 32.6 Å². The van der Waals surface area contributed by atoms with Crippen LogP contribution in [0.25, 0.3) is 11.3 Å². The van der Waals surface area contributed by atoms with Crippen LogP contribution >= 0.6 is 22.9 Å². The first kappa shape index (κ1) is 21.9. The summed E-state index contributed by atoms with van der Waals surface area (Å²) in [6.07, 6.45) is 1.83. The zero-order valence-electron chi connectivity index (χ0n) is 17.1. The van der Waals surface area contributed by atoms with Crippen LogP contribution in [-0.4, -0.2) is 45.0 Å². The van der Waals surface area contributed by atoms with E-state index in [0.717, 1.165) is 24.1 Å². The lowest BCUT2D eigenvalue weighted by Gasteiger charge is -2.15. The van der Waals surface area contributed by atoms with Gasteiger partial charge in [0, 0.05) is 36.2 Å². The number of benzene rings is 2. The molecule has 0 aliphatic carbocycles. The minimum Gasteiger partial charge on any atom is -0.495 e. The maximum Gasteiger partial charge on any atom is 0.243 e. The Hall–Kier alpha value is -2.33. The molecule has 0 spiro atoms. The van der Waals surface area contributed by atoms with Crippen molar-refractivity contribution in [3.05, 3.63) is 46.8 Å². The molecule has 1 fully saturated rings. The average molecular weight is 480 g/mol. The van der Waals surface area contributed by atoms with E-state index < -0.39 is 10.0 Å². The predicted octanol–water partition coefficient (Wildman–Crippen LogP) is 5.01. The Bertz CT molecular complexity index is 1170. The molecule has 0 bridgehead atoms. The number of nitrogens with one attached hydrogen (secondary N) is 1. The van der Waals surface area contributed by atoms with Gasteiger partial charge in [-0.05, 0) is 25.0 Å². The first-order chi connectivity index (χ1) is 14.9. The second kappa shape index (κ2) is 9.04. The van der Waals surface area contributed by atoms with Crippen molar-refractivity contribution in [3.8, 4) is 22.8 Å². The first-order valence-electron chi connectivity index (χ1n) is 9.67. The lowest BCUT2D eigenvalue weighted by atomic mass is 10.2. The number of nitrogens with zero attached hydrogens (tertiary/aromatic N) is 2. The van der Waals surface area contributed by atoms with Crippen LogP contribution in [0.2, 0.25) is 5.02 Å². The van der Waals surface area contributed by atoms with Gasteiger partial charge >= 0.3 is 0 Å². The number of sulfonamides is 1. The molecule has 0 unspecified atom stereocenters. The van der Waals surface area contributed by atoms with Crippen molar-refractivity contribution < 1.29 is 17.9 Å². The van der Waals surface area contributed by atoms with Gasteiger partial charge in [-0.15, -0.1) is 11.3 Å². The van der Waals surface area contributed by atoms with Crippen molar-refractivity contribution in [1.29, 1.82) is 0 Å². The number of halogens is 1. The minimum atomic E-state index is -3.42. The van der Waals surface area contributed by atoms with Crippen molar-refractivity contribution >= 4 is 43.8 Å². The highest BCUT2D eigenvalue weighted by atomic mass is 35.5. The van der Waals surface area contributed by atoms with Gasteiger partial charge in [0.1, 0.15) is 11.5 Å². The van der Waals surface area contributed by atoms with Crippen LogP contribution < -0.4 is 14.8 Å². The zero-order chi connectivity index (χ0) is 22.0. The molecule has 1 aromatic heterocycles. The average Bonchev–Trinajstić information content (AvgIpc) is 3.47. The van der Waals surface area contributed by atoms with Crippen molar-refractivity contribution in [3.63, 3.8) is 0 Å². The molecule has 3 aromatic rings. The molecule has 10 heteroatoms. The molecule has 4 rings (SSSR count). The second-order valence-corrected chi connectivity index (χ2v) is 10.2. The number of rotatable bonds is 7. The third kappa shape index (κ3) is 4.50. The topological polar surface area (TPSA) is 80.8 Å². The summed E-state index contributed by atoms with van der Waals surface area (Å²) in [7, 11) is -0.312. The molecule has 164 valence electrons. The summed E-state index contributed by atoms with van der Waals surface area (Å²) in [4.78, 5) is 4.93. The lowest BCUT2D eigenvalue weighted by Crippen LogP contribution is -2.27. The molecule has 0 amide bonds.